The zero-order valence-electron chi connectivity index (χ0n) is 23.3. The van der Waals surface area contributed by atoms with Crippen LogP contribution in [0.1, 0.15) is 26.3 Å². The number of nitrogens with zero attached hydrogens (tertiary/aromatic N) is 1. The van der Waals surface area contributed by atoms with E-state index in [0.717, 1.165) is 0 Å². The summed E-state index contributed by atoms with van der Waals surface area (Å²) in [7, 11) is 2.87. The number of rotatable bonds is 9. The number of anilines is 3. The zero-order valence-corrected chi connectivity index (χ0v) is 24.8. The van der Waals surface area contributed by atoms with Crippen LogP contribution in [0.4, 0.5) is 21.9 Å². The largest absolute Gasteiger partial charge is 0.467 e. The van der Waals surface area contributed by atoms with Gasteiger partial charge >= 0.3 is 12.0 Å². The quantitative estimate of drug-likeness (QED) is 0.187. The van der Waals surface area contributed by atoms with Crippen LogP contribution < -0.4 is 20.9 Å². The molecule has 0 aliphatic rings. The summed E-state index contributed by atoms with van der Waals surface area (Å²) < 4.78 is 4.90. The number of nitrogens with one attached hydrogen (secondary N) is 3. The van der Waals surface area contributed by atoms with Gasteiger partial charge in [-0.2, -0.15) is 0 Å². The Bertz CT molecular complexity index is 1610. The molecular formula is C32H28Cl2N4O5. The molecule has 0 radical (unpaired) electrons. The van der Waals surface area contributed by atoms with E-state index in [1.54, 1.807) is 85.9 Å². The normalized spacial score (nSPS) is 11.2. The van der Waals surface area contributed by atoms with E-state index in [2.05, 4.69) is 16.0 Å². The molecule has 3 N–H and O–H groups in total. The van der Waals surface area contributed by atoms with Crippen molar-refractivity contribution in [2.75, 3.05) is 29.7 Å². The van der Waals surface area contributed by atoms with E-state index in [1.807, 2.05) is 18.2 Å². The Kier molecular flexibility index (Phi) is 10.4. The zero-order chi connectivity index (χ0) is 30.9. The molecule has 0 bridgehead atoms. The fourth-order valence-corrected chi connectivity index (χ4v) is 4.82. The average Bonchev–Trinajstić information content (AvgIpc) is 3.01. The molecule has 9 nitrogen and oxygen atoms in total. The van der Waals surface area contributed by atoms with Crippen molar-refractivity contribution in [2.24, 2.45) is 0 Å². The van der Waals surface area contributed by atoms with Gasteiger partial charge in [0.05, 0.1) is 34.0 Å². The van der Waals surface area contributed by atoms with Crippen molar-refractivity contribution >= 4 is 64.1 Å². The highest BCUT2D eigenvalue weighted by Gasteiger charge is 2.24. The van der Waals surface area contributed by atoms with Crippen molar-refractivity contribution in [3.63, 3.8) is 0 Å². The fourth-order valence-electron chi connectivity index (χ4n) is 4.25. The summed E-state index contributed by atoms with van der Waals surface area (Å²) in [6.07, 6.45) is 0.0992. The molecular weight excluding hydrogens is 591 g/mol. The van der Waals surface area contributed by atoms with Gasteiger partial charge in [0, 0.05) is 24.8 Å². The third-order valence-corrected chi connectivity index (χ3v) is 7.12. The maximum absolute atomic E-state index is 13.2. The van der Waals surface area contributed by atoms with Crippen molar-refractivity contribution in [3.8, 4) is 0 Å². The van der Waals surface area contributed by atoms with Gasteiger partial charge in [0.2, 0.25) is 0 Å². The molecule has 4 amide bonds. The van der Waals surface area contributed by atoms with Crippen LogP contribution in [0.25, 0.3) is 0 Å². The number of halogens is 2. The first-order chi connectivity index (χ1) is 20.7. The first-order valence-electron chi connectivity index (χ1n) is 13.1. The lowest BCUT2D eigenvalue weighted by atomic mass is 10.1. The van der Waals surface area contributed by atoms with Crippen LogP contribution in [0.3, 0.4) is 0 Å². The van der Waals surface area contributed by atoms with Gasteiger partial charge in [-0.3, -0.25) is 9.59 Å². The summed E-state index contributed by atoms with van der Waals surface area (Å²) in [5.41, 5.74) is 2.56. The monoisotopic (exact) mass is 618 g/mol. The Morgan fingerprint density at radius 3 is 2.07 bits per heavy atom. The van der Waals surface area contributed by atoms with E-state index in [1.165, 1.54) is 12.0 Å². The number of hydrogen-bond donors (Lipinski definition) is 3. The predicted molar refractivity (Wildman–Crippen MR) is 168 cm³/mol. The van der Waals surface area contributed by atoms with Gasteiger partial charge in [-0.25, -0.2) is 9.59 Å². The van der Waals surface area contributed by atoms with Crippen molar-refractivity contribution in [1.82, 2.24) is 5.32 Å². The second kappa shape index (κ2) is 14.4. The van der Waals surface area contributed by atoms with Gasteiger partial charge in [-0.15, -0.1) is 0 Å². The van der Waals surface area contributed by atoms with E-state index in [4.69, 9.17) is 27.9 Å². The maximum Gasteiger partial charge on any atom is 0.328 e. The molecule has 4 aromatic rings. The van der Waals surface area contributed by atoms with Crippen LogP contribution in [-0.2, 0) is 16.0 Å². The number of ether oxygens (including phenoxy) is 1. The molecule has 220 valence electrons. The van der Waals surface area contributed by atoms with Crippen molar-refractivity contribution in [1.29, 1.82) is 0 Å². The highest BCUT2D eigenvalue weighted by molar-refractivity contribution is 6.40. The van der Waals surface area contributed by atoms with Crippen LogP contribution in [0, 0.1) is 0 Å². The second-order valence-electron chi connectivity index (χ2n) is 9.37. The molecule has 0 aromatic heterocycles. The standard InChI is InChI=1S/C32H28Cl2N4O5/c1-38(22-9-4-3-5-10-22)30(40)23-11-6-7-14-26(23)36-32(42)37-27(31(41)43-2)19-20-15-17-21(18-16-20)35-29(39)28-24(33)12-8-13-25(28)34/h3-18,27H,19H2,1-2H3,(H,35,39)(H2,36,37,42). The highest BCUT2D eigenvalue weighted by atomic mass is 35.5. The van der Waals surface area contributed by atoms with Crippen molar-refractivity contribution in [3.05, 3.63) is 124 Å². The van der Waals surface area contributed by atoms with Crippen LogP contribution in [0.2, 0.25) is 10.0 Å². The molecule has 1 unspecified atom stereocenters. The lowest BCUT2D eigenvalue weighted by Gasteiger charge is -2.20. The topological polar surface area (TPSA) is 117 Å². The molecule has 0 heterocycles. The van der Waals surface area contributed by atoms with Gasteiger partial charge in [-0.1, -0.05) is 71.7 Å². The Morgan fingerprint density at radius 2 is 1.42 bits per heavy atom. The van der Waals surface area contributed by atoms with Crippen molar-refractivity contribution < 1.29 is 23.9 Å². The third kappa shape index (κ3) is 7.91. The number of methoxy groups -OCH3 is 1. The average molecular weight is 620 g/mol. The molecule has 43 heavy (non-hydrogen) atoms. The molecule has 4 aromatic carbocycles. The lowest BCUT2D eigenvalue weighted by molar-refractivity contribution is -0.142. The molecule has 4 rings (SSSR count). The number of urea groups is 1. The van der Waals surface area contributed by atoms with Gasteiger partial charge in [-0.05, 0) is 54.1 Å². The van der Waals surface area contributed by atoms with Gasteiger partial charge < -0.3 is 25.6 Å². The first kappa shape index (κ1) is 31.1. The summed E-state index contributed by atoms with van der Waals surface area (Å²) >= 11 is 12.2. The molecule has 0 saturated heterocycles. The van der Waals surface area contributed by atoms with E-state index < -0.39 is 23.9 Å². The molecule has 0 saturated carbocycles. The minimum atomic E-state index is -1.04. The fraction of sp³-hybridized carbons (Fsp3) is 0.125. The smallest absolute Gasteiger partial charge is 0.328 e. The van der Waals surface area contributed by atoms with Crippen LogP contribution in [0.5, 0.6) is 0 Å². The van der Waals surface area contributed by atoms with Crippen LogP contribution in [-0.4, -0.2) is 44.0 Å². The Labute approximate surface area is 258 Å². The summed E-state index contributed by atoms with van der Waals surface area (Å²) in [4.78, 5) is 52.9. The molecule has 0 fully saturated rings. The number of para-hydroxylation sites is 2. The van der Waals surface area contributed by atoms with Gasteiger partial charge in [0.15, 0.2) is 0 Å². The summed E-state index contributed by atoms with van der Waals surface area (Å²) in [5.74, 6) is -1.45. The lowest BCUT2D eigenvalue weighted by Crippen LogP contribution is -2.45. The van der Waals surface area contributed by atoms with Gasteiger partial charge in [0.1, 0.15) is 6.04 Å². The first-order valence-corrected chi connectivity index (χ1v) is 13.8. The minimum Gasteiger partial charge on any atom is -0.467 e. The van der Waals surface area contributed by atoms with Crippen LogP contribution >= 0.6 is 23.2 Å². The molecule has 0 aliphatic carbocycles. The number of hydrogen-bond acceptors (Lipinski definition) is 5. The Balaban J connectivity index is 1.42. The highest BCUT2D eigenvalue weighted by Crippen LogP contribution is 2.26. The number of benzene rings is 4. The van der Waals surface area contributed by atoms with Crippen LogP contribution in [0.15, 0.2) is 97.1 Å². The summed E-state index contributed by atoms with van der Waals surface area (Å²) in [5, 5.41) is 8.48. The van der Waals surface area contributed by atoms with Crippen molar-refractivity contribution in [2.45, 2.75) is 12.5 Å². The molecule has 11 heteroatoms. The number of amides is 4. The van der Waals surface area contributed by atoms with E-state index in [-0.39, 0.29) is 39.2 Å². The molecule has 1 atom stereocenters. The number of carbonyl (C=O) groups is 4. The number of esters is 1. The van der Waals surface area contributed by atoms with Gasteiger partial charge in [0.25, 0.3) is 11.8 Å². The molecule has 0 spiro atoms. The Hall–Kier alpha value is -4.86. The second-order valence-corrected chi connectivity index (χ2v) is 10.2. The third-order valence-electron chi connectivity index (χ3n) is 6.49. The SMILES string of the molecule is COC(=O)C(Cc1ccc(NC(=O)c2c(Cl)cccc2Cl)cc1)NC(=O)Nc1ccccc1C(=O)N(C)c1ccccc1. The Morgan fingerprint density at radius 1 is 0.791 bits per heavy atom. The predicted octanol–water partition coefficient (Wildman–Crippen LogP) is 6.43. The molecule has 0 aliphatic heterocycles. The van der Waals surface area contributed by atoms with E-state index >= 15 is 0 Å². The summed E-state index contributed by atoms with van der Waals surface area (Å²) in [6, 6.07) is 25.4. The summed E-state index contributed by atoms with van der Waals surface area (Å²) in [6.45, 7) is 0. The maximum atomic E-state index is 13.2. The van der Waals surface area contributed by atoms with E-state index in [9.17, 15) is 19.2 Å². The minimum absolute atomic E-state index is 0.0992. The number of carbonyl (C=O) groups excluding carboxylic acids is 4. The van der Waals surface area contributed by atoms with E-state index in [0.29, 0.717) is 16.9 Å².